The van der Waals surface area contributed by atoms with Gasteiger partial charge in [-0.25, -0.2) is 9.48 Å². The molecule has 2 heterocycles. The fourth-order valence-electron chi connectivity index (χ4n) is 1.73. The van der Waals surface area contributed by atoms with Crippen LogP contribution in [-0.2, 0) is 11.3 Å². The summed E-state index contributed by atoms with van der Waals surface area (Å²) < 4.78 is 6.01. The number of carbonyl (C=O) groups is 1. The molecule has 2 rings (SSSR count). The number of aliphatic hydroxyl groups excluding tert-OH is 2. The highest BCUT2D eigenvalue weighted by Gasteiger charge is 2.22. The topological polar surface area (TPSA) is 110 Å². The van der Waals surface area contributed by atoms with Crippen molar-refractivity contribution in [1.29, 1.82) is 0 Å². The molecular weight excluding hydrogens is 264 g/mol. The Morgan fingerprint density at radius 3 is 2.75 bits per heavy atom. The van der Waals surface area contributed by atoms with Gasteiger partial charge < -0.3 is 14.9 Å². The summed E-state index contributed by atoms with van der Waals surface area (Å²) in [7, 11) is 1.25. The molecule has 2 aromatic heterocycles. The van der Waals surface area contributed by atoms with Gasteiger partial charge in [0.15, 0.2) is 5.69 Å². The third kappa shape index (κ3) is 2.81. The maximum Gasteiger partial charge on any atom is 0.360 e. The van der Waals surface area contributed by atoms with Crippen molar-refractivity contribution in [3.63, 3.8) is 0 Å². The first kappa shape index (κ1) is 14.1. The minimum Gasteiger partial charge on any atom is -0.464 e. The Morgan fingerprint density at radius 2 is 2.15 bits per heavy atom. The number of methoxy groups -OCH3 is 1. The molecule has 0 spiro atoms. The molecule has 1 unspecified atom stereocenters. The van der Waals surface area contributed by atoms with E-state index in [1.54, 1.807) is 24.5 Å². The Kier molecular flexibility index (Phi) is 4.38. The molecule has 0 amide bonds. The van der Waals surface area contributed by atoms with Gasteiger partial charge in [-0.05, 0) is 12.1 Å². The number of hydrogen-bond acceptors (Lipinski definition) is 7. The Bertz CT molecular complexity index is 584. The second kappa shape index (κ2) is 6.22. The van der Waals surface area contributed by atoms with E-state index in [-0.39, 0.29) is 12.2 Å². The molecule has 0 fully saturated rings. The van der Waals surface area contributed by atoms with E-state index in [1.165, 1.54) is 11.8 Å². The normalized spacial score (nSPS) is 12.2. The molecule has 2 N–H and O–H groups in total. The van der Waals surface area contributed by atoms with E-state index in [2.05, 4.69) is 20.0 Å². The number of aromatic nitrogens is 4. The highest BCUT2D eigenvalue weighted by Crippen LogP contribution is 2.22. The van der Waals surface area contributed by atoms with E-state index in [0.29, 0.717) is 11.3 Å². The smallest absolute Gasteiger partial charge is 0.360 e. The third-order valence-corrected chi connectivity index (χ3v) is 2.66. The molecule has 0 aliphatic carbocycles. The minimum atomic E-state index is -0.997. The van der Waals surface area contributed by atoms with Crippen LogP contribution >= 0.6 is 0 Å². The first-order valence-electron chi connectivity index (χ1n) is 5.88. The summed E-state index contributed by atoms with van der Waals surface area (Å²) in [5.41, 5.74) is 1.12. The standard InChI is InChI=1S/C12H14N4O4/c1-20-12(19)10-11(8-2-4-13-5-3-8)16(15-14-10)6-9(18)7-17/h2-5,9,17-18H,6-7H2,1H3. The third-order valence-electron chi connectivity index (χ3n) is 2.66. The first-order valence-corrected chi connectivity index (χ1v) is 5.88. The fraction of sp³-hybridized carbons (Fsp3) is 0.333. The van der Waals surface area contributed by atoms with Crippen LogP contribution in [0.15, 0.2) is 24.5 Å². The molecule has 20 heavy (non-hydrogen) atoms. The molecule has 0 aliphatic rings. The van der Waals surface area contributed by atoms with Gasteiger partial charge in [-0.2, -0.15) is 0 Å². The maximum absolute atomic E-state index is 11.7. The lowest BCUT2D eigenvalue weighted by atomic mass is 10.1. The van der Waals surface area contributed by atoms with E-state index in [0.717, 1.165) is 0 Å². The molecule has 0 aromatic carbocycles. The molecule has 106 valence electrons. The van der Waals surface area contributed by atoms with Crippen LogP contribution in [0, 0.1) is 0 Å². The van der Waals surface area contributed by atoms with Crippen LogP contribution < -0.4 is 0 Å². The number of hydrogen-bond donors (Lipinski definition) is 2. The van der Waals surface area contributed by atoms with Crippen molar-refractivity contribution in [1.82, 2.24) is 20.0 Å². The second-order valence-electron chi connectivity index (χ2n) is 4.03. The summed E-state index contributed by atoms with van der Waals surface area (Å²) in [6, 6.07) is 3.37. The van der Waals surface area contributed by atoms with Gasteiger partial charge in [-0.3, -0.25) is 4.98 Å². The number of pyridine rings is 1. The van der Waals surface area contributed by atoms with Crippen LogP contribution in [0.3, 0.4) is 0 Å². The van der Waals surface area contributed by atoms with Crippen molar-refractivity contribution in [2.45, 2.75) is 12.6 Å². The number of nitrogens with zero attached hydrogens (tertiary/aromatic N) is 4. The summed E-state index contributed by atoms with van der Waals surface area (Å²) in [6.07, 6.45) is 2.13. The zero-order chi connectivity index (χ0) is 14.5. The lowest BCUT2D eigenvalue weighted by Crippen LogP contribution is -2.21. The lowest BCUT2D eigenvalue weighted by molar-refractivity contribution is 0.0594. The van der Waals surface area contributed by atoms with Crippen molar-refractivity contribution in [3.05, 3.63) is 30.2 Å². The Labute approximate surface area is 114 Å². The summed E-state index contributed by atoms with van der Waals surface area (Å²) in [5.74, 6) is -0.624. The van der Waals surface area contributed by atoms with Gasteiger partial charge in [0.05, 0.1) is 26.4 Å². The van der Waals surface area contributed by atoms with E-state index in [1.807, 2.05) is 0 Å². The van der Waals surface area contributed by atoms with Crippen molar-refractivity contribution in [2.75, 3.05) is 13.7 Å². The van der Waals surface area contributed by atoms with Crippen molar-refractivity contribution < 1.29 is 19.7 Å². The quantitative estimate of drug-likeness (QED) is 0.708. The van der Waals surface area contributed by atoms with Gasteiger partial charge in [0.2, 0.25) is 0 Å². The van der Waals surface area contributed by atoms with Gasteiger partial charge >= 0.3 is 5.97 Å². The molecule has 0 saturated carbocycles. The van der Waals surface area contributed by atoms with Gasteiger partial charge in [-0.15, -0.1) is 5.10 Å². The van der Waals surface area contributed by atoms with Crippen molar-refractivity contribution in [2.24, 2.45) is 0 Å². The fourth-order valence-corrected chi connectivity index (χ4v) is 1.73. The summed E-state index contributed by atoms with van der Waals surface area (Å²) in [5, 5.41) is 26.0. The zero-order valence-corrected chi connectivity index (χ0v) is 10.8. The van der Waals surface area contributed by atoms with Crippen LogP contribution in [0.1, 0.15) is 10.5 Å². The van der Waals surface area contributed by atoms with E-state index in [9.17, 15) is 9.90 Å². The second-order valence-corrected chi connectivity index (χ2v) is 4.03. The predicted octanol–water partition coefficient (Wildman–Crippen LogP) is -0.520. The summed E-state index contributed by atoms with van der Waals surface area (Å²) in [6.45, 7) is -0.401. The highest BCUT2D eigenvalue weighted by atomic mass is 16.5. The van der Waals surface area contributed by atoms with Crippen LogP contribution in [0.25, 0.3) is 11.3 Å². The van der Waals surface area contributed by atoms with Crippen LogP contribution in [0.5, 0.6) is 0 Å². The lowest BCUT2D eigenvalue weighted by Gasteiger charge is -2.10. The number of rotatable bonds is 5. The van der Waals surface area contributed by atoms with E-state index in [4.69, 9.17) is 5.11 Å². The first-order chi connectivity index (χ1) is 9.67. The SMILES string of the molecule is COC(=O)c1nnn(CC(O)CO)c1-c1ccncc1. The van der Waals surface area contributed by atoms with Crippen LogP contribution in [0.2, 0.25) is 0 Å². The number of ether oxygens (including phenoxy) is 1. The van der Waals surface area contributed by atoms with Gasteiger partial charge in [0.25, 0.3) is 0 Å². The number of carbonyl (C=O) groups excluding carboxylic acids is 1. The molecule has 1 atom stereocenters. The minimum absolute atomic E-state index is 0.0121. The van der Waals surface area contributed by atoms with Gasteiger partial charge in [-0.1, -0.05) is 5.21 Å². The maximum atomic E-state index is 11.7. The molecule has 0 aliphatic heterocycles. The molecule has 8 heteroatoms. The van der Waals surface area contributed by atoms with Crippen LogP contribution in [0.4, 0.5) is 0 Å². The van der Waals surface area contributed by atoms with E-state index < -0.39 is 18.7 Å². The number of aliphatic hydroxyl groups is 2. The molecule has 0 saturated heterocycles. The average molecular weight is 278 g/mol. The Balaban J connectivity index is 2.48. The monoisotopic (exact) mass is 278 g/mol. The van der Waals surface area contributed by atoms with Crippen molar-refractivity contribution >= 4 is 5.97 Å². The number of esters is 1. The average Bonchev–Trinajstić information content (AvgIpc) is 2.90. The molecule has 8 nitrogen and oxygen atoms in total. The largest absolute Gasteiger partial charge is 0.464 e. The van der Waals surface area contributed by atoms with Gasteiger partial charge in [0, 0.05) is 18.0 Å². The van der Waals surface area contributed by atoms with Gasteiger partial charge in [0.1, 0.15) is 5.69 Å². The molecular formula is C12H14N4O4. The highest BCUT2D eigenvalue weighted by molar-refractivity contribution is 5.93. The molecule has 2 aromatic rings. The summed E-state index contributed by atoms with van der Waals surface area (Å²) >= 11 is 0. The van der Waals surface area contributed by atoms with Crippen LogP contribution in [-0.4, -0.2) is 56.0 Å². The van der Waals surface area contributed by atoms with Crippen molar-refractivity contribution in [3.8, 4) is 11.3 Å². The Morgan fingerprint density at radius 1 is 1.45 bits per heavy atom. The predicted molar refractivity (Wildman–Crippen MR) is 67.7 cm³/mol. The summed E-state index contributed by atoms with van der Waals surface area (Å²) in [4.78, 5) is 15.6. The van der Waals surface area contributed by atoms with E-state index >= 15 is 0 Å². The molecule has 0 radical (unpaired) electrons. The molecule has 0 bridgehead atoms. The Hall–Kier alpha value is -2.32. The zero-order valence-electron chi connectivity index (χ0n) is 10.8.